The van der Waals surface area contributed by atoms with Gasteiger partial charge in [-0.1, -0.05) is 6.07 Å². The zero-order valence-electron chi connectivity index (χ0n) is 9.10. The zero-order valence-corrected chi connectivity index (χ0v) is 9.91. The van der Waals surface area contributed by atoms with Crippen LogP contribution >= 0.6 is 11.8 Å². The molecule has 1 aromatic carbocycles. The van der Waals surface area contributed by atoms with Crippen LogP contribution in [-0.2, 0) is 0 Å². The second-order valence-electron chi connectivity index (χ2n) is 2.91. The first-order chi connectivity index (χ1) is 8.15. The van der Waals surface area contributed by atoms with Crippen LogP contribution in [0.5, 0.6) is 0 Å². The van der Waals surface area contributed by atoms with Crippen molar-refractivity contribution in [3.8, 4) is 5.40 Å². The lowest BCUT2D eigenvalue weighted by Gasteiger charge is -2.09. The lowest BCUT2D eigenvalue weighted by atomic mass is 10.3. The second kappa shape index (κ2) is 6.40. The number of hydrogen-bond acceptors (Lipinski definition) is 4. The predicted molar refractivity (Wildman–Crippen MR) is 67.6 cm³/mol. The summed E-state index contributed by atoms with van der Waals surface area (Å²) in [5.74, 6) is 0.247. The molecule has 0 aliphatic heterocycles. The highest BCUT2D eigenvalue weighted by molar-refractivity contribution is 8.03. The summed E-state index contributed by atoms with van der Waals surface area (Å²) in [6.07, 6.45) is 0. The minimum atomic E-state index is -0.694. The fraction of sp³-hybridized carbons (Fsp3) is 0.100. The molecule has 1 rings (SSSR count). The zero-order chi connectivity index (χ0) is 12.7. The Bertz CT molecular complexity index is 480. The van der Waals surface area contributed by atoms with Crippen molar-refractivity contribution in [1.82, 2.24) is 5.32 Å². The van der Waals surface area contributed by atoms with Crippen molar-refractivity contribution in [3.63, 3.8) is 0 Å². The number of nitrogens with two attached hydrogens (primary N) is 1. The summed E-state index contributed by atoms with van der Waals surface area (Å²) >= 11 is 1.05. The maximum absolute atomic E-state index is 10.7. The molecule has 0 saturated carbocycles. The van der Waals surface area contributed by atoms with E-state index in [1.807, 2.05) is 11.5 Å². The number of benzene rings is 1. The van der Waals surface area contributed by atoms with Gasteiger partial charge in [0.05, 0.1) is 0 Å². The Morgan fingerprint density at radius 1 is 1.59 bits per heavy atom. The predicted octanol–water partition coefficient (Wildman–Crippen LogP) is 1.33. The van der Waals surface area contributed by atoms with E-state index in [1.165, 1.54) is 7.05 Å². The molecule has 2 amide bonds. The van der Waals surface area contributed by atoms with Crippen molar-refractivity contribution < 1.29 is 4.79 Å². The van der Waals surface area contributed by atoms with Gasteiger partial charge >= 0.3 is 6.03 Å². The number of carbonyl (C=O) groups is 1. The Kier molecular flexibility index (Phi) is 4.84. The number of nitriles is 1. The maximum atomic E-state index is 10.7. The monoisotopic (exact) mass is 249 g/mol. The Morgan fingerprint density at radius 3 is 2.94 bits per heavy atom. The summed E-state index contributed by atoms with van der Waals surface area (Å²) in [7, 11) is 1.52. The van der Waals surface area contributed by atoms with E-state index in [-0.39, 0.29) is 5.96 Å². The van der Waals surface area contributed by atoms with Crippen molar-refractivity contribution >= 4 is 29.4 Å². The van der Waals surface area contributed by atoms with Crippen LogP contribution in [0.25, 0.3) is 0 Å². The highest BCUT2D eigenvalue weighted by Gasteiger charge is 2.02. The fourth-order valence-corrected chi connectivity index (χ4v) is 1.52. The summed E-state index contributed by atoms with van der Waals surface area (Å²) < 4.78 is 0. The molecule has 6 nitrogen and oxygen atoms in total. The summed E-state index contributed by atoms with van der Waals surface area (Å²) in [6.45, 7) is 0. The van der Waals surface area contributed by atoms with Crippen LogP contribution in [0.4, 0.5) is 10.5 Å². The van der Waals surface area contributed by atoms with Crippen LogP contribution in [0, 0.1) is 10.7 Å². The molecule has 0 atom stereocenters. The minimum Gasteiger partial charge on any atom is -0.351 e. The van der Waals surface area contributed by atoms with Crippen LogP contribution in [0.1, 0.15) is 0 Å². The Hall–Kier alpha value is -2.20. The molecule has 7 heteroatoms. The van der Waals surface area contributed by atoms with E-state index in [2.05, 4.69) is 15.6 Å². The second-order valence-corrected chi connectivity index (χ2v) is 3.77. The van der Waals surface area contributed by atoms with E-state index < -0.39 is 6.03 Å². The van der Waals surface area contributed by atoms with E-state index in [0.717, 1.165) is 16.7 Å². The average molecular weight is 249 g/mol. The van der Waals surface area contributed by atoms with Crippen molar-refractivity contribution in [2.45, 2.75) is 4.90 Å². The molecule has 0 aromatic heterocycles. The van der Waals surface area contributed by atoms with Gasteiger partial charge in [-0.3, -0.25) is 10.3 Å². The van der Waals surface area contributed by atoms with E-state index in [9.17, 15) is 4.79 Å². The molecule has 4 N–H and O–H groups in total. The Labute approximate surface area is 103 Å². The number of thioether (sulfide) groups is 1. The topological polar surface area (TPSA) is 103 Å². The summed E-state index contributed by atoms with van der Waals surface area (Å²) in [4.78, 5) is 15.3. The van der Waals surface area contributed by atoms with E-state index >= 15 is 0 Å². The molecule has 0 fully saturated rings. The molecular weight excluding hydrogens is 238 g/mol. The third-order valence-corrected chi connectivity index (χ3v) is 2.31. The van der Waals surface area contributed by atoms with Crippen molar-refractivity contribution in [3.05, 3.63) is 24.3 Å². The quantitative estimate of drug-likeness (QED) is 0.318. The highest BCUT2D eigenvalue weighted by Crippen LogP contribution is 2.20. The first-order valence-corrected chi connectivity index (χ1v) is 5.43. The minimum absolute atomic E-state index is 0.247. The normalized spacial score (nSPS) is 10.5. The molecule has 1 aromatic rings. The number of nitrogens with one attached hydrogen (secondary N) is 2. The molecule has 0 aliphatic rings. The number of anilines is 1. The van der Waals surface area contributed by atoms with Crippen LogP contribution in [0.2, 0.25) is 0 Å². The Morgan fingerprint density at radius 2 is 2.35 bits per heavy atom. The van der Waals surface area contributed by atoms with Gasteiger partial charge in [0, 0.05) is 17.6 Å². The third-order valence-electron chi connectivity index (χ3n) is 1.73. The van der Waals surface area contributed by atoms with Gasteiger partial charge in [0.15, 0.2) is 0 Å². The van der Waals surface area contributed by atoms with Gasteiger partial charge in [0.2, 0.25) is 5.96 Å². The third kappa shape index (κ3) is 4.44. The smallest absolute Gasteiger partial charge is 0.318 e. The first-order valence-electron chi connectivity index (χ1n) is 4.62. The maximum Gasteiger partial charge on any atom is 0.318 e. The molecule has 0 unspecified atom stereocenters. The van der Waals surface area contributed by atoms with Crippen molar-refractivity contribution in [1.29, 1.82) is 5.26 Å². The molecule has 0 saturated heterocycles. The van der Waals surface area contributed by atoms with E-state index in [0.29, 0.717) is 5.69 Å². The van der Waals surface area contributed by atoms with Gasteiger partial charge < -0.3 is 11.1 Å². The van der Waals surface area contributed by atoms with Crippen molar-refractivity contribution in [2.75, 3.05) is 12.4 Å². The van der Waals surface area contributed by atoms with Crippen LogP contribution in [0.3, 0.4) is 0 Å². The number of primary amides is 1. The number of guanidine groups is 1. The number of carbonyl (C=O) groups excluding carboxylic acids is 1. The number of rotatable bonds is 2. The number of nitrogens with zero attached hydrogens (tertiary/aromatic N) is 2. The summed E-state index contributed by atoms with van der Waals surface area (Å²) in [5.41, 5.74) is 5.69. The molecule has 0 heterocycles. The van der Waals surface area contributed by atoms with Gasteiger partial charge in [-0.05, 0) is 30.0 Å². The molecule has 88 valence electrons. The summed E-state index contributed by atoms with van der Waals surface area (Å²) in [5, 5.41) is 15.7. The fourth-order valence-electron chi connectivity index (χ4n) is 1.09. The van der Waals surface area contributed by atoms with Gasteiger partial charge in [-0.15, -0.1) is 0 Å². The van der Waals surface area contributed by atoms with Crippen LogP contribution in [0.15, 0.2) is 34.2 Å². The standard InChI is InChI=1S/C10H11N5OS/c1-13-10(15-9(12)16)14-7-3-2-4-8(5-7)17-6-11/h2-5H,1H3,(H4,12,13,14,15,16). The largest absolute Gasteiger partial charge is 0.351 e. The van der Waals surface area contributed by atoms with Crippen LogP contribution < -0.4 is 16.4 Å². The van der Waals surface area contributed by atoms with Gasteiger partial charge in [-0.25, -0.2) is 4.79 Å². The molecule has 0 radical (unpaired) electrons. The number of amides is 2. The molecule has 0 aliphatic carbocycles. The molecule has 0 bridgehead atoms. The lowest BCUT2D eigenvalue weighted by molar-refractivity contribution is 0.253. The Balaban J connectivity index is 2.77. The molecule has 17 heavy (non-hydrogen) atoms. The van der Waals surface area contributed by atoms with E-state index in [4.69, 9.17) is 11.0 Å². The number of aliphatic imine (C=N–C) groups is 1. The number of urea groups is 1. The molecular formula is C10H11N5OS. The SMILES string of the molecule is CN=C(NC(N)=O)Nc1cccc(SC#N)c1. The number of thiocyanates is 1. The van der Waals surface area contributed by atoms with Gasteiger partial charge in [0.25, 0.3) is 0 Å². The lowest BCUT2D eigenvalue weighted by Crippen LogP contribution is -2.39. The summed E-state index contributed by atoms with van der Waals surface area (Å²) in [6, 6.07) is 6.46. The van der Waals surface area contributed by atoms with Crippen LogP contribution in [-0.4, -0.2) is 19.0 Å². The van der Waals surface area contributed by atoms with E-state index in [1.54, 1.807) is 18.2 Å². The average Bonchev–Trinajstić information content (AvgIpc) is 2.28. The first kappa shape index (κ1) is 12.9. The number of hydrogen-bond donors (Lipinski definition) is 3. The van der Waals surface area contributed by atoms with Crippen molar-refractivity contribution in [2.24, 2.45) is 10.7 Å². The molecule has 0 spiro atoms. The van der Waals surface area contributed by atoms with Gasteiger partial charge in [-0.2, -0.15) is 5.26 Å². The highest BCUT2D eigenvalue weighted by atomic mass is 32.2. The van der Waals surface area contributed by atoms with Gasteiger partial charge in [0.1, 0.15) is 5.40 Å².